The van der Waals surface area contributed by atoms with Crippen LogP contribution >= 0.6 is 0 Å². The van der Waals surface area contributed by atoms with Gasteiger partial charge in [0.25, 0.3) is 0 Å². The number of aromatic nitrogens is 2. The van der Waals surface area contributed by atoms with Crippen LogP contribution in [0.25, 0.3) is 0 Å². The van der Waals surface area contributed by atoms with Gasteiger partial charge in [-0.25, -0.2) is 9.97 Å². The molecule has 0 radical (unpaired) electrons. The van der Waals surface area contributed by atoms with Gasteiger partial charge in [0.05, 0.1) is 6.04 Å². The lowest BCUT2D eigenvalue weighted by Crippen LogP contribution is -2.53. The zero-order valence-corrected chi connectivity index (χ0v) is 16.4. The summed E-state index contributed by atoms with van der Waals surface area (Å²) in [7, 11) is 0. The molecule has 1 N–H and O–H groups in total. The van der Waals surface area contributed by atoms with Crippen LogP contribution in [0.4, 0.5) is 11.6 Å². The van der Waals surface area contributed by atoms with Gasteiger partial charge in [-0.3, -0.25) is 9.69 Å². The Bertz CT molecular complexity index is 743. The fraction of sp³-hybridized carbons (Fsp3) is 0.476. The average molecular weight is 367 g/mol. The summed E-state index contributed by atoms with van der Waals surface area (Å²) in [6, 6.07) is 9.76. The summed E-state index contributed by atoms with van der Waals surface area (Å²) >= 11 is 0. The highest BCUT2D eigenvalue weighted by Crippen LogP contribution is 2.26. The number of benzene rings is 1. The molecular weight excluding hydrogens is 338 g/mol. The van der Waals surface area contributed by atoms with E-state index in [9.17, 15) is 4.79 Å². The monoisotopic (exact) mass is 367 g/mol. The molecule has 1 fully saturated rings. The van der Waals surface area contributed by atoms with Gasteiger partial charge in [-0.1, -0.05) is 32.0 Å². The lowest BCUT2D eigenvalue weighted by molar-refractivity contribution is -0.120. The van der Waals surface area contributed by atoms with Crippen molar-refractivity contribution in [1.82, 2.24) is 14.9 Å². The molecule has 27 heavy (non-hydrogen) atoms. The van der Waals surface area contributed by atoms with Crippen LogP contribution in [0.15, 0.2) is 42.7 Å². The minimum absolute atomic E-state index is 0.0511. The summed E-state index contributed by atoms with van der Waals surface area (Å²) in [6.45, 7) is 9.63. The number of nitrogens with one attached hydrogen (secondary N) is 1. The second-order valence-corrected chi connectivity index (χ2v) is 7.13. The van der Waals surface area contributed by atoms with E-state index in [-0.39, 0.29) is 11.9 Å². The number of piperazine rings is 1. The number of rotatable bonds is 6. The quantitative estimate of drug-likeness (QED) is 0.850. The van der Waals surface area contributed by atoms with Gasteiger partial charge < -0.3 is 10.2 Å². The molecule has 2 atom stereocenters. The van der Waals surface area contributed by atoms with Gasteiger partial charge in [-0.15, -0.1) is 0 Å². The average Bonchev–Trinajstić information content (AvgIpc) is 2.73. The molecule has 2 unspecified atom stereocenters. The van der Waals surface area contributed by atoms with Crippen molar-refractivity contribution in [2.24, 2.45) is 0 Å². The van der Waals surface area contributed by atoms with Gasteiger partial charge in [-0.2, -0.15) is 0 Å². The van der Waals surface area contributed by atoms with E-state index in [1.165, 1.54) is 5.56 Å². The number of hydrogen-bond donors (Lipinski definition) is 1. The molecule has 6 nitrogen and oxygen atoms in total. The molecule has 2 heterocycles. The number of carbonyl (C=O) groups is 1. The standard InChI is InChI=1S/C21H29N5O/c1-4-16(2)18-8-5-6-9-19(18)24-20(27)17(3)25-12-14-26(15-13-25)21-22-10-7-11-23-21/h5-11,16-17H,4,12-15H2,1-3H3,(H,24,27). The number of para-hydroxylation sites is 1. The lowest BCUT2D eigenvalue weighted by atomic mass is 9.97. The molecule has 1 saturated heterocycles. The topological polar surface area (TPSA) is 61.4 Å². The normalized spacial score (nSPS) is 17.4. The molecule has 3 rings (SSSR count). The number of carbonyl (C=O) groups excluding carboxylic acids is 1. The first-order chi connectivity index (χ1) is 13.1. The summed E-state index contributed by atoms with van der Waals surface area (Å²) < 4.78 is 0. The van der Waals surface area contributed by atoms with Gasteiger partial charge >= 0.3 is 0 Å². The first-order valence-corrected chi connectivity index (χ1v) is 9.76. The second-order valence-electron chi connectivity index (χ2n) is 7.13. The van der Waals surface area contributed by atoms with Crippen molar-refractivity contribution >= 4 is 17.5 Å². The Hall–Kier alpha value is -2.47. The Kier molecular flexibility index (Phi) is 6.40. The Balaban J connectivity index is 1.59. The van der Waals surface area contributed by atoms with Crippen LogP contribution in [0.5, 0.6) is 0 Å². The fourth-order valence-electron chi connectivity index (χ4n) is 3.43. The molecule has 1 aromatic heterocycles. The van der Waals surface area contributed by atoms with Crippen molar-refractivity contribution in [3.05, 3.63) is 48.3 Å². The van der Waals surface area contributed by atoms with E-state index in [2.05, 4.69) is 45.0 Å². The molecule has 1 aromatic carbocycles. The molecule has 6 heteroatoms. The largest absolute Gasteiger partial charge is 0.338 e. The third-order valence-electron chi connectivity index (χ3n) is 5.44. The van der Waals surface area contributed by atoms with Crippen LogP contribution in [0.2, 0.25) is 0 Å². The van der Waals surface area contributed by atoms with E-state index in [0.29, 0.717) is 5.92 Å². The number of hydrogen-bond acceptors (Lipinski definition) is 5. The summed E-state index contributed by atoms with van der Waals surface area (Å²) in [5.74, 6) is 1.23. The summed E-state index contributed by atoms with van der Waals surface area (Å²) in [5, 5.41) is 3.15. The molecule has 1 amide bonds. The molecule has 144 valence electrons. The Morgan fingerprint density at radius 2 is 1.74 bits per heavy atom. The van der Waals surface area contributed by atoms with Gasteiger partial charge in [0.2, 0.25) is 11.9 Å². The molecule has 0 saturated carbocycles. The van der Waals surface area contributed by atoms with E-state index >= 15 is 0 Å². The maximum absolute atomic E-state index is 12.8. The molecule has 2 aromatic rings. The predicted molar refractivity (Wildman–Crippen MR) is 109 cm³/mol. The minimum atomic E-state index is -0.172. The SMILES string of the molecule is CCC(C)c1ccccc1NC(=O)C(C)N1CCN(c2ncccn2)CC1. The third kappa shape index (κ3) is 4.63. The molecule has 0 aliphatic carbocycles. The van der Waals surface area contributed by atoms with E-state index < -0.39 is 0 Å². The van der Waals surface area contributed by atoms with Crippen LogP contribution < -0.4 is 10.2 Å². The summed E-state index contributed by atoms with van der Waals surface area (Å²) in [4.78, 5) is 25.9. The van der Waals surface area contributed by atoms with Crippen molar-refractivity contribution in [1.29, 1.82) is 0 Å². The van der Waals surface area contributed by atoms with Gasteiger partial charge in [-0.05, 0) is 37.0 Å². The second kappa shape index (κ2) is 8.95. The fourth-order valence-corrected chi connectivity index (χ4v) is 3.43. The first kappa shape index (κ1) is 19.3. The maximum atomic E-state index is 12.8. The van der Waals surface area contributed by atoms with Crippen molar-refractivity contribution < 1.29 is 4.79 Å². The molecule has 1 aliphatic heterocycles. The predicted octanol–water partition coefficient (Wildman–Crippen LogP) is 3.14. The van der Waals surface area contributed by atoms with E-state index in [4.69, 9.17) is 0 Å². The van der Waals surface area contributed by atoms with Crippen molar-refractivity contribution in [2.45, 2.75) is 39.2 Å². The number of amides is 1. The van der Waals surface area contributed by atoms with Gasteiger partial charge in [0.15, 0.2) is 0 Å². The third-order valence-corrected chi connectivity index (χ3v) is 5.44. The highest BCUT2D eigenvalue weighted by molar-refractivity contribution is 5.95. The van der Waals surface area contributed by atoms with Crippen molar-refractivity contribution in [3.8, 4) is 0 Å². The van der Waals surface area contributed by atoms with Crippen molar-refractivity contribution in [3.63, 3.8) is 0 Å². The van der Waals surface area contributed by atoms with Gasteiger partial charge in [0.1, 0.15) is 0 Å². The van der Waals surface area contributed by atoms with Crippen LogP contribution in [0.1, 0.15) is 38.7 Å². The lowest BCUT2D eigenvalue weighted by Gasteiger charge is -2.37. The molecule has 0 spiro atoms. The summed E-state index contributed by atoms with van der Waals surface area (Å²) in [5.41, 5.74) is 2.13. The highest BCUT2D eigenvalue weighted by Gasteiger charge is 2.27. The van der Waals surface area contributed by atoms with Crippen LogP contribution in [0, 0.1) is 0 Å². The van der Waals surface area contributed by atoms with Crippen LogP contribution in [-0.4, -0.2) is 53.0 Å². The smallest absolute Gasteiger partial charge is 0.241 e. The zero-order valence-electron chi connectivity index (χ0n) is 16.4. The van der Waals surface area contributed by atoms with E-state index in [0.717, 1.165) is 44.2 Å². The highest BCUT2D eigenvalue weighted by atomic mass is 16.2. The van der Waals surface area contributed by atoms with Crippen LogP contribution in [-0.2, 0) is 4.79 Å². The molecule has 1 aliphatic rings. The van der Waals surface area contributed by atoms with Crippen LogP contribution in [0.3, 0.4) is 0 Å². The summed E-state index contributed by atoms with van der Waals surface area (Å²) in [6.07, 6.45) is 4.57. The van der Waals surface area contributed by atoms with E-state index in [1.807, 2.05) is 31.2 Å². The molecule has 0 bridgehead atoms. The Labute approximate surface area is 161 Å². The zero-order chi connectivity index (χ0) is 19.2. The van der Waals surface area contributed by atoms with E-state index in [1.54, 1.807) is 12.4 Å². The number of nitrogens with zero attached hydrogens (tertiary/aromatic N) is 4. The molecular formula is C21H29N5O. The Morgan fingerprint density at radius 1 is 1.07 bits per heavy atom. The van der Waals surface area contributed by atoms with Gasteiger partial charge in [0, 0.05) is 44.3 Å². The minimum Gasteiger partial charge on any atom is -0.338 e. The first-order valence-electron chi connectivity index (χ1n) is 9.76. The Morgan fingerprint density at radius 3 is 2.41 bits per heavy atom. The maximum Gasteiger partial charge on any atom is 0.241 e. The number of anilines is 2. The van der Waals surface area contributed by atoms with Crippen molar-refractivity contribution in [2.75, 3.05) is 36.4 Å².